The number of hydrogen-bond donors (Lipinski definition) is 0. The SMILES string of the molecule is CC1(C)c2ccccc2-c2ccc(-n3c4ccccc4c4c3ccc3c5ccccc5n(-c5cccc6c5C(C)(C)c5ccccc5-6)c34)cc21. The predicted molar refractivity (Wildman–Crippen MR) is 210 cm³/mol. The van der Waals surface area contributed by atoms with Crippen LogP contribution in [0.2, 0.25) is 0 Å². The summed E-state index contributed by atoms with van der Waals surface area (Å²) < 4.78 is 5.08. The van der Waals surface area contributed by atoms with Gasteiger partial charge < -0.3 is 9.13 Å². The van der Waals surface area contributed by atoms with E-state index in [1.807, 2.05) is 0 Å². The fourth-order valence-corrected chi connectivity index (χ4v) is 9.87. The zero-order valence-electron chi connectivity index (χ0n) is 28.8. The Bertz CT molecular complexity index is 2930. The summed E-state index contributed by atoms with van der Waals surface area (Å²) in [7, 11) is 0. The van der Waals surface area contributed by atoms with Crippen LogP contribution in [0.1, 0.15) is 49.9 Å². The quantitative estimate of drug-likeness (QED) is 0.178. The second kappa shape index (κ2) is 9.43. The zero-order chi connectivity index (χ0) is 33.5. The molecule has 7 aromatic carbocycles. The Morgan fingerprint density at radius 3 is 1.78 bits per heavy atom. The predicted octanol–water partition coefficient (Wildman–Crippen LogP) is 12.5. The fraction of sp³-hybridized carbons (Fsp3) is 0.125. The van der Waals surface area contributed by atoms with Crippen LogP contribution in [0.25, 0.3) is 77.2 Å². The van der Waals surface area contributed by atoms with Crippen LogP contribution in [0.5, 0.6) is 0 Å². The first-order valence-corrected chi connectivity index (χ1v) is 17.8. The Hall–Kier alpha value is -5.86. The summed E-state index contributed by atoms with van der Waals surface area (Å²) in [5.41, 5.74) is 18.2. The first-order valence-electron chi connectivity index (χ1n) is 17.8. The van der Waals surface area contributed by atoms with Crippen LogP contribution >= 0.6 is 0 Å². The Morgan fingerprint density at radius 1 is 0.400 bits per heavy atom. The highest BCUT2D eigenvalue weighted by atomic mass is 15.0. The highest BCUT2D eigenvalue weighted by molar-refractivity contribution is 6.26. The Balaban J connectivity index is 1.26. The highest BCUT2D eigenvalue weighted by Gasteiger charge is 2.39. The van der Waals surface area contributed by atoms with E-state index in [1.165, 1.54) is 99.5 Å². The third kappa shape index (κ3) is 3.34. The van der Waals surface area contributed by atoms with Crippen LogP contribution in [-0.2, 0) is 10.8 Å². The van der Waals surface area contributed by atoms with Gasteiger partial charge in [-0.2, -0.15) is 0 Å². The summed E-state index contributed by atoms with van der Waals surface area (Å²) in [5.74, 6) is 0. The molecule has 11 rings (SSSR count). The van der Waals surface area contributed by atoms with Crippen molar-refractivity contribution in [2.45, 2.75) is 38.5 Å². The summed E-state index contributed by atoms with van der Waals surface area (Å²) in [6.45, 7) is 9.52. The highest BCUT2D eigenvalue weighted by Crippen LogP contribution is 2.53. The summed E-state index contributed by atoms with van der Waals surface area (Å²) >= 11 is 0. The molecule has 9 aromatic rings. The van der Waals surface area contributed by atoms with Crippen molar-refractivity contribution < 1.29 is 0 Å². The third-order valence-electron chi connectivity index (χ3n) is 12.1. The van der Waals surface area contributed by atoms with Gasteiger partial charge >= 0.3 is 0 Å². The van der Waals surface area contributed by atoms with Gasteiger partial charge in [-0.25, -0.2) is 0 Å². The maximum Gasteiger partial charge on any atom is 0.0641 e. The molecule has 238 valence electrons. The van der Waals surface area contributed by atoms with E-state index < -0.39 is 0 Å². The maximum absolute atomic E-state index is 2.58. The second-order valence-corrected chi connectivity index (χ2v) is 15.3. The van der Waals surface area contributed by atoms with Gasteiger partial charge in [0.15, 0.2) is 0 Å². The summed E-state index contributed by atoms with van der Waals surface area (Å²) in [6.07, 6.45) is 0. The largest absolute Gasteiger partial charge is 0.309 e. The van der Waals surface area contributed by atoms with Crippen LogP contribution in [0, 0.1) is 0 Å². The van der Waals surface area contributed by atoms with E-state index in [-0.39, 0.29) is 10.8 Å². The molecule has 2 heteroatoms. The summed E-state index contributed by atoms with van der Waals surface area (Å²) in [6, 6.07) is 54.6. The molecule has 0 fully saturated rings. The van der Waals surface area contributed by atoms with Gasteiger partial charge in [-0.1, -0.05) is 137 Å². The number of hydrogen-bond acceptors (Lipinski definition) is 0. The van der Waals surface area contributed by atoms with Gasteiger partial charge in [0.05, 0.1) is 27.8 Å². The monoisotopic (exact) mass is 640 g/mol. The van der Waals surface area contributed by atoms with Crippen LogP contribution < -0.4 is 0 Å². The van der Waals surface area contributed by atoms with Crippen molar-refractivity contribution in [3.8, 4) is 33.6 Å². The molecule has 2 aliphatic rings. The molecule has 0 N–H and O–H groups in total. The molecule has 0 aliphatic heterocycles. The Kier molecular flexibility index (Phi) is 5.28. The van der Waals surface area contributed by atoms with Crippen LogP contribution in [0.3, 0.4) is 0 Å². The molecule has 2 nitrogen and oxygen atoms in total. The zero-order valence-corrected chi connectivity index (χ0v) is 28.8. The van der Waals surface area contributed by atoms with E-state index in [2.05, 4.69) is 182 Å². The number of nitrogens with zero attached hydrogens (tertiary/aromatic N) is 2. The second-order valence-electron chi connectivity index (χ2n) is 15.3. The number of benzene rings is 7. The van der Waals surface area contributed by atoms with Crippen LogP contribution in [0.4, 0.5) is 0 Å². The van der Waals surface area contributed by atoms with Gasteiger partial charge in [0.1, 0.15) is 0 Å². The minimum Gasteiger partial charge on any atom is -0.309 e. The summed E-state index contributed by atoms with van der Waals surface area (Å²) in [4.78, 5) is 0. The van der Waals surface area contributed by atoms with Gasteiger partial charge in [0, 0.05) is 38.1 Å². The number of para-hydroxylation sites is 2. The van der Waals surface area contributed by atoms with E-state index in [4.69, 9.17) is 0 Å². The standard InChI is InChI=1S/C48H36N2/c1-47(2)37-19-9-5-14-30(37)32-25-24-29(28-39(32)47)49-41-22-12-8-17-36(41)44-42(49)27-26-35-33-16-7-11-21-40(33)50(46(35)44)43-23-13-18-34-31-15-6-10-20-38(31)48(3,4)45(34)43/h5-28H,1-4H3. The minimum absolute atomic E-state index is 0.0710. The molecule has 2 heterocycles. The van der Waals surface area contributed by atoms with E-state index in [0.29, 0.717) is 0 Å². The minimum atomic E-state index is -0.142. The number of fused-ring (bicyclic) bond motifs is 13. The molecule has 2 aromatic heterocycles. The molecule has 0 spiro atoms. The van der Waals surface area contributed by atoms with E-state index >= 15 is 0 Å². The maximum atomic E-state index is 2.58. The Labute approximate surface area is 291 Å². The van der Waals surface area contributed by atoms with Gasteiger partial charge in [-0.15, -0.1) is 0 Å². The molecule has 50 heavy (non-hydrogen) atoms. The molecule has 0 saturated carbocycles. The molecule has 0 amide bonds. The first kappa shape index (κ1) is 28.0. The summed E-state index contributed by atoms with van der Waals surface area (Å²) in [5, 5.41) is 5.13. The van der Waals surface area contributed by atoms with Crippen LogP contribution in [-0.4, -0.2) is 9.13 Å². The van der Waals surface area contributed by atoms with Gasteiger partial charge in [0.25, 0.3) is 0 Å². The molecule has 0 saturated heterocycles. The number of aromatic nitrogens is 2. The van der Waals surface area contributed by atoms with Crippen molar-refractivity contribution in [1.82, 2.24) is 9.13 Å². The van der Waals surface area contributed by atoms with Gasteiger partial charge in [0.2, 0.25) is 0 Å². The van der Waals surface area contributed by atoms with Crippen molar-refractivity contribution in [3.63, 3.8) is 0 Å². The average Bonchev–Trinajstić information content (AvgIpc) is 3.81. The topological polar surface area (TPSA) is 9.86 Å². The molecular weight excluding hydrogens is 605 g/mol. The first-order chi connectivity index (χ1) is 24.4. The normalized spacial score (nSPS) is 15.1. The lowest BCUT2D eigenvalue weighted by Gasteiger charge is -2.25. The van der Waals surface area contributed by atoms with E-state index in [0.717, 1.165) is 0 Å². The van der Waals surface area contributed by atoms with Crippen LogP contribution in [0.15, 0.2) is 146 Å². The van der Waals surface area contributed by atoms with E-state index in [1.54, 1.807) is 0 Å². The molecular formula is C48H36N2. The molecule has 0 bridgehead atoms. The molecule has 0 unspecified atom stereocenters. The van der Waals surface area contributed by atoms with E-state index in [9.17, 15) is 0 Å². The molecule has 0 radical (unpaired) electrons. The lowest BCUT2D eigenvalue weighted by Crippen LogP contribution is -2.18. The van der Waals surface area contributed by atoms with Crippen molar-refractivity contribution in [3.05, 3.63) is 168 Å². The van der Waals surface area contributed by atoms with Crippen molar-refractivity contribution >= 4 is 43.6 Å². The smallest absolute Gasteiger partial charge is 0.0641 e. The fourth-order valence-electron chi connectivity index (χ4n) is 9.87. The lowest BCUT2D eigenvalue weighted by molar-refractivity contribution is 0.656. The molecule has 0 atom stereocenters. The number of rotatable bonds is 2. The van der Waals surface area contributed by atoms with Gasteiger partial charge in [-0.3, -0.25) is 0 Å². The Morgan fingerprint density at radius 2 is 1.00 bits per heavy atom. The van der Waals surface area contributed by atoms with Crippen molar-refractivity contribution in [2.24, 2.45) is 0 Å². The molecule has 2 aliphatic carbocycles. The average molecular weight is 641 g/mol. The van der Waals surface area contributed by atoms with Crippen molar-refractivity contribution in [2.75, 3.05) is 0 Å². The van der Waals surface area contributed by atoms with Crippen molar-refractivity contribution in [1.29, 1.82) is 0 Å². The lowest BCUT2D eigenvalue weighted by atomic mass is 9.81. The van der Waals surface area contributed by atoms with Gasteiger partial charge in [-0.05, 0) is 80.9 Å². The third-order valence-corrected chi connectivity index (χ3v) is 12.1.